The van der Waals surface area contributed by atoms with E-state index in [1.807, 2.05) is 4.90 Å². The molecule has 5 fully saturated rings. The maximum Gasteiger partial charge on any atom is 0.314 e. The molecule has 0 radical (unpaired) electrons. The molecule has 7 N–H and O–H groups in total. The number of piperidine rings is 1. The Kier molecular flexibility index (Phi) is 10.6. The number of hydrogen-bond donors (Lipinski definition) is 7. The minimum absolute atomic E-state index is 0.0631. The number of piperazine rings is 1. The lowest BCUT2D eigenvalue weighted by atomic mass is 9.74. The molecule has 3 aliphatic heterocycles. The van der Waals surface area contributed by atoms with Crippen LogP contribution in [0.2, 0.25) is 0 Å². The van der Waals surface area contributed by atoms with Gasteiger partial charge in [-0.05, 0) is 89.1 Å². The van der Waals surface area contributed by atoms with Crippen molar-refractivity contribution in [2.45, 2.75) is 100 Å². The van der Waals surface area contributed by atoms with Gasteiger partial charge in [0, 0.05) is 62.8 Å². The molecule has 5 rings (SSSR count). The summed E-state index contributed by atoms with van der Waals surface area (Å²) in [6.45, 7) is 5.42. The predicted octanol–water partition coefficient (Wildman–Crippen LogP) is 0.875. The molecule has 0 aromatic heterocycles. The monoisotopic (exact) mass is 566 g/mol. The molecular formula is C28H51ClN8O2. The topological polar surface area (TPSA) is 122 Å². The second kappa shape index (κ2) is 14.1. The van der Waals surface area contributed by atoms with Crippen molar-refractivity contribution < 1.29 is 9.59 Å². The maximum absolute atomic E-state index is 13.2. The van der Waals surface area contributed by atoms with Crippen LogP contribution in [-0.4, -0.2) is 99.0 Å². The maximum atomic E-state index is 13.2. The summed E-state index contributed by atoms with van der Waals surface area (Å²) in [5, 5.41) is 24.2. The molecule has 0 aromatic rings. The Morgan fingerprint density at radius 3 is 2.31 bits per heavy atom. The van der Waals surface area contributed by atoms with Crippen LogP contribution in [-0.2, 0) is 4.79 Å². The number of halogens is 1. The molecule has 222 valence electrons. The number of rotatable bonds is 6. The van der Waals surface area contributed by atoms with Crippen LogP contribution in [0, 0.1) is 17.8 Å². The normalized spacial score (nSPS) is 40.1. The zero-order chi connectivity index (χ0) is 27.2. The second-order valence-corrected chi connectivity index (χ2v) is 13.1. The van der Waals surface area contributed by atoms with E-state index < -0.39 is 0 Å². The van der Waals surface area contributed by atoms with Gasteiger partial charge in [0.15, 0.2) is 0 Å². The smallest absolute Gasteiger partial charge is 0.314 e. The summed E-state index contributed by atoms with van der Waals surface area (Å²) in [7, 11) is 1.68. The first-order chi connectivity index (χ1) is 19.0. The van der Waals surface area contributed by atoms with Crippen LogP contribution in [0.4, 0.5) is 4.79 Å². The van der Waals surface area contributed by atoms with Crippen LogP contribution >= 0.6 is 11.6 Å². The van der Waals surface area contributed by atoms with E-state index in [4.69, 9.17) is 11.6 Å². The SMILES string of the molecule is CNC(=O)NC1CCC(C2CC(C3CCNC(NC4CCC(Cl)C(C(=O)N5CCNCC5)C4)N3)CCN2)CC1. The highest BCUT2D eigenvalue weighted by Gasteiger charge is 2.39. The Morgan fingerprint density at radius 1 is 0.795 bits per heavy atom. The van der Waals surface area contributed by atoms with Crippen molar-refractivity contribution in [3.63, 3.8) is 0 Å². The van der Waals surface area contributed by atoms with Crippen molar-refractivity contribution in [3.8, 4) is 0 Å². The van der Waals surface area contributed by atoms with E-state index >= 15 is 0 Å². The average Bonchev–Trinajstić information content (AvgIpc) is 2.99. The summed E-state index contributed by atoms with van der Waals surface area (Å²) in [5.41, 5.74) is 0. The molecule has 3 saturated heterocycles. The van der Waals surface area contributed by atoms with Gasteiger partial charge in [-0.3, -0.25) is 20.7 Å². The van der Waals surface area contributed by atoms with Crippen LogP contribution in [0.25, 0.3) is 0 Å². The number of nitrogens with zero attached hydrogens (tertiary/aromatic N) is 1. The molecule has 7 unspecified atom stereocenters. The van der Waals surface area contributed by atoms with Crippen LogP contribution in [0.3, 0.4) is 0 Å². The lowest BCUT2D eigenvalue weighted by Crippen LogP contribution is -2.65. The van der Waals surface area contributed by atoms with Gasteiger partial charge in [-0.1, -0.05) is 0 Å². The van der Waals surface area contributed by atoms with Crippen molar-refractivity contribution in [2.24, 2.45) is 17.8 Å². The molecule has 0 spiro atoms. The van der Waals surface area contributed by atoms with Crippen LogP contribution in [0.1, 0.15) is 64.2 Å². The number of nitrogens with one attached hydrogen (secondary N) is 7. The van der Waals surface area contributed by atoms with Gasteiger partial charge in [0.25, 0.3) is 0 Å². The molecule has 39 heavy (non-hydrogen) atoms. The van der Waals surface area contributed by atoms with Crippen molar-refractivity contribution in [1.29, 1.82) is 0 Å². The van der Waals surface area contributed by atoms with Gasteiger partial charge in [0.1, 0.15) is 6.29 Å². The van der Waals surface area contributed by atoms with Crippen LogP contribution in [0.15, 0.2) is 0 Å². The number of carbonyl (C=O) groups is 2. The van der Waals surface area contributed by atoms with E-state index in [2.05, 4.69) is 37.2 Å². The first-order valence-corrected chi connectivity index (χ1v) is 16.0. The van der Waals surface area contributed by atoms with Gasteiger partial charge in [0.05, 0.1) is 5.92 Å². The first-order valence-electron chi connectivity index (χ1n) is 15.6. The zero-order valence-electron chi connectivity index (χ0n) is 23.7. The molecule has 2 aliphatic carbocycles. The van der Waals surface area contributed by atoms with E-state index in [1.54, 1.807) is 7.05 Å². The number of carbonyl (C=O) groups excluding carboxylic acids is 2. The molecule has 7 atom stereocenters. The average molecular weight is 567 g/mol. The lowest BCUT2D eigenvalue weighted by molar-refractivity contribution is -0.137. The second-order valence-electron chi connectivity index (χ2n) is 12.5. The third kappa shape index (κ3) is 7.77. The van der Waals surface area contributed by atoms with E-state index in [0.717, 1.165) is 77.8 Å². The summed E-state index contributed by atoms with van der Waals surface area (Å²) in [4.78, 5) is 26.9. The van der Waals surface area contributed by atoms with Gasteiger partial charge < -0.3 is 26.2 Å². The Balaban J connectivity index is 1.09. The Labute approximate surface area is 239 Å². The number of hydrogen-bond acceptors (Lipinski definition) is 7. The van der Waals surface area contributed by atoms with E-state index in [9.17, 15) is 9.59 Å². The number of alkyl halides is 1. The predicted molar refractivity (Wildman–Crippen MR) is 155 cm³/mol. The van der Waals surface area contributed by atoms with E-state index in [0.29, 0.717) is 36.0 Å². The van der Waals surface area contributed by atoms with Crippen LogP contribution < -0.4 is 37.2 Å². The minimum atomic E-state index is -0.0952. The highest BCUT2D eigenvalue weighted by molar-refractivity contribution is 6.22. The number of urea groups is 1. The molecule has 10 nitrogen and oxygen atoms in total. The quantitative estimate of drug-likeness (QED) is 0.238. The fourth-order valence-corrected chi connectivity index (χ4v) is 8.08. The lowest BCUT2D eigenvalue weighted by Gasteiger charge is -2.45. The fourth-order valence-electron chi connectivity index (χ4n) is 7.74. The molecule has 11 heteroatoms. The van der Waals surface area contributed by atoms with Gasteiger partial charge in [0.2, 0.25) is 5.91 Å². The van der Waals surface area contributed by atoms with Gasteiger partial charge >= 0.3 is 6.03 Å². The largest absolute Gasteiger partial charge is 0.341 e. The molecule has 0 aromatic carbocycles. The summed E-state index contributed by atoms with van der Waals surface area (Å²) >= 11 is 6.69. The highest BCUT2D eigenvalue weighted by atomic mass is 35.5. The Bertz CT molecular complexity index is 806. The summed E-state index contributed by atoms with van der Waals surface area (Å²) < 4.78 is 0. The molecule has 5 aliphatic rings. The van der Waals surface area contributed by atoms with Crippen LogP contribution in [0.5, 0.6) is 0 Å². The molecular weight excluding hydrogens is 516 g/mol. The molecule has 0 bridgehead atoms. The Morgan fingerprint density at radius 2 is 1.54 bits per heavy atom. The van der Waals surface area contributed by atoms with Crippen molar-refractivity contribution >= 4 is 23.5 Å². The van der Waals surface area contributed by atoms with Crippen molar-refractivity contribution in [1.82, 2.24) is 42.1 Å². The minimum Gasteiger partial charge on any atom is -0.341 e. The van der Waals surface area contributed by atoms with Gasteiger partial charge in [-0.2, -0.15) is 0 Å². The van der Waals surface area contributed by atoms with Crippen molar-refractivity contribution in [2.75, 3.05) is 46.3 Å². The third-order valence-corrected chi connectivity index (χ3v) is 10.6. The molecule has 3 heterocycles. The van der Waals surface area contributed by atoms with E-state index in [-0.39, 0.29) is 29.5 Å². The highest BCUT2D eigenvalue weighted by Crippen LogP contribution is 2.34. The first kappa shape index (κ1) is 29.3. The van der Waals surface area contributed by atoms with Crippen molar-refractivity contribution in [3.05, 3.63) is 0 Å². The molecule has 3 amide bonds. The summed E-state index contributed by atoms with van der Waals surface area (Å²) in [6.07, 6.45) is 10.9. The zero-order valence-corrected chi connectivity index (χ0v) is 24.4. The van der Waals surface area contributed by atoms with E-state index in [1.165, 1.54) is 25.7 Å². The number of amides is 3. The molecule has 2 saturated carbocycles. The Hall–Kier alpha value is -1.17. The summed E-state index contributed by atoms with van der Waals surface area (Å²) in [5.74, 6) is 1.51. The fraction of sp³-hybridized carbons (Fsp3) is 0.929. The standard InChI is InChI=1S/C28H51ClN8O2/c1-30-28(39)35-20-4-2-18(3-5-20)25-16-19(8-10-32-25)24-9-11-33-27(36-24)34-21-6-7-23(29)22(17-21)26(38)37-14-12-31-13-15-37/h18-25,27,31-34,36H,2-17H2,1H3,(H2,30,35,39). The van der Waals surface area contributed by atoms with Gasteiger partial charge in [-0.25, -0.2) is 4.79 Å². The third-order valence-electron chi connectivity index (χ3n) is 10.0. The summed E-state index contributed by atoms with van der Waals surface area (Å²) in [6, 6.07) is 1.61. The van der Waals surface area contributed by atoms with Gasteiger partial charge in [-0.15, -0.1) is 11.6 Å².